The van der Waals surface area contributed by atoms with E-state index in [0.29, 0.717) is 25.3 Å². The molecule has 0 radical (unpaired) electrons. The molecule has 2 heterocycles. The van der Waals surface area contributed by atoms with E-state index in [-0.39, 0.29) is 17.2 Å². The Kier molecular flexibility index (Phi) is 5.73. The van der Waals surface area contributed by atoms with Crippen LogP contribution in [-0.4, -0.2) is 41.5 Å². The minimum Gasteiger partial charge on any atom is -0.325 e. The molecule has 0 atom stereocenters. The maximum Gasteiger partial charge on any atom is 0.245 e. The number of rotatable bonds is 6. The lowest BCUT2D eigenvalue weighted by Crippen LogP contribution is -2.36. The summed E-state index contributed by atoms with van der Waals surface area (Å²) >= 11 is 0. The lowest BCUT2D eigenvalue weighted by Gasteiger charge is -2.26. The second-order valence-corrected chi connectivity index (χ2v) is 8.45. The van der Waals surface area contributed by atoms with Crippen LogP contribution in [0, 0.1) is 6.92 Å². The average molecular weight is 376 g/mol. The number of piperidine rings is 1. The number of hydrogen-bond acceptors (Lipinski definition) is 4. The number of carbonyl (C=O) groups excluding carboxylic acids is 1. The lowest BCUT2D eigenvalue weighted by molar-refractivity contribution is -0.116. The standard InChI is InChI=1S/C18H24N4O3S/c1-15-13-19-21(14-15)12-9-18(23)20-16-7-3-4-8-17(16)26(24,25)22-10-5-2-6-11-22/h3-4,7-8,13-14H,2,5-6,9-12H2,1H3,(H,20,23). The summed E-state index contributed by atoms with van der Waals surface area (Å²) in [5, 5.41) is 6.89. The normalized spacial score (nSPS) is 15.7. The first-order chi connectivity index (χ1) is 12.5. The van der Waals surface area contributed by atoms with E-state index in [9.17, 15) is 13.2 Å². The molecule has 1 aromatic heterocycles. The van der Waals surface area contributed by atoms with Gasteiger partial charge in [0.1, 0.15) is 4.90 Å². The number of sulfonamides is 1. The van der Waals surface area contributed by atoms with E-state index in [1.165, 1.54) is 4.31 Å². The van der Waals surface area contributed by atoms with Gasteiger partial charge in [0.25, 0.3) is 0 Å². The molecule has 8 heteroatoms. The maximum absolute atomic E-state index is 12.9. The van der Waals surface area contributed by atoms with Crippen LogP contribution in [0.4, 0.5) is 5.69 Å². The summed E-state index contributed by atoms with van der Waals surface area (Å²) in [6, 6.07) is 6.59. The Morgan fingerprint density at radius 3 is 2.62 bits per heavy atom. The predicted molar refractivity (Wildman–Crippen MR) is 99.3 cm³/mol. The van der Waals surface area contributed by atoms with Gasteiger partial charge in [-0.2, -0.15) is 9.40 Å². The molecule has 0 saturated carbocycles. The molecule has 26 heavy (non-hydrogen) atoms. The Morgan fingerprint density at radius 2 is 1.92 bits per heavy atom. The zero-order chi connectivity index (χ0) is 18.6. The number of benzene rings is 1. The molecule has 2 aromatic rings. The molecule has 0 bridgehead atoms. The number of nitrogens with zero attached hydrogens (tertiary/aromatic N) is 3. The zero-order valence-corrected chi connectivity index (χ0v) is 15.7. The number of carbonyl (C=O) groups is 1. The van der Waals surface area contributed by atoms with Crippen molar-refractivity contribution in [2.45, 2.75) is 44.0 Å². The third-order valence-corrected chi connectivity index (χ3v) is 6.38. The first-order valence-corrected chi connectivity index (χ1v) is 10.3. The fraction of sp³-hybridized carbons (Fsp3) is 0.444. The fourth-order valence-corrected chi connectivity index (χ4v) is 4.72. The van der Waals surface area contributed by atoms with Crippen LogP contribution in [0.15, 0.2) is 41.6 Å². The molecular formula is C18H24N4O3S. The summed E-state index contributed by atoms with van der Waals surface area (Å²) in [5.41, 5.74) is 1.36. The summed E-state index contributed by atoms with van der Waals surface area (Å²) in [4.78, 5) is 12.4. The van der Waals surface area contributed by atoms with Crippen molar-refractivity contribution >= 4 is 21.6 Å². The van der Waals surface area contributed by atoms with Gasteiger partial charge >= 0.3 is 0 Å². The van der Waals surface area contributed by atoms with Gasteiger partial charge in [-0.1, -0.05) is 18.6 Å². The van der Waals surface area contributed by atoms with Crippen molar-refractivity contribution in [2.24, 2.45) is 0 Å². The number of aromatic nitrogens is 2. The van der Waals surface area contributed by atoms with Crippen LogP contribution < -0.4 is 5.32 Å². The monoisotopic (exact) mass is 376 g/mol. The van der Waals surface area contributed by atoms with Gasteiger partial charge in [-0.3, -0.25) is 9.48 Å². The second-order valence-electron chi connectivity index (χ2n) is 6.54. The maximum atomic E-state index is 12.9. The molecule has 1 amide bonds. The van der Waals surface area contributed by atoms with E-state index >= 15 is 0 Å². The first-order valence-electron chi connectivity index (χ1n) is 8.85. The Bertz CT molecular complexity index is 870. The quantitative estimate of drug-likeness (QED) is 0.839. The highest BCUT2D eigenvalue weighted by atomic mass is 32.2. The molecule has 3 rings (SSSR count). The summed E-state index contributed by atoms with van der Waals surface area (Å²) in [7, 11) is -3.60. The smallest absolute Gasteiger partial charge is 0.245 e. The van der Waals surface area contributed by atoms with Gasteiger partial charge in [0, 0.05) is 32.3 Å². The Hall–Kier alpha value is -2.19. The van der Waals surface area contributed by atoms with E-state index < -0.39 is 10.0 Å². The number of para-hydroxylation sites is 1. The van der Waals surface area contributed by atoms with Crippen molar-refractivity contribution in [2.75, 3.05) is 18.4 Å². The molecule has 1 aliphatic rings. The van der Waals surface area contributed by atoms with Gasteiger partial charge in [-0.05, 0) is 37.5 Å². The largest absolute Gasteiger partial charge is 0.325 e. The number of amides is 1. The first kappa shape index (κ1) is 18.6. The van der Waals surface area contributed by atoms with E-state index in [4.69, 9.17) is 0 Å². The van der Waals surface area contributed by atoms with Crippen molar-refractivity contribution in [1.29, 1.82) is 0 Å². The van der Waals surface area contributed by atoms with Crippen LogP contribution in [0.25, 0.3) is 0 Å². The van der Waals surface area contributed by atoms with Gasteiger partial charge in [0.05, 0.1) is 11.9 Å². The van der Waals surface area contributed by atoms with Crippen LogP contribution in [0.2, 0.25) is 0 Å². The molecule has 1 aromatic carbocycles. The fourth-order valence-electron chi connectivity index (χ4n) is 3.06. The van der Waals surface area contributed by atoms with Gasteiger partial charge < -0.3 is 5.32 Å². The molecule has 1 N–H and O–H groups in total. The molecule has 1 fully saturated rings. The highest BCUT2D eigenvalue weighted by Gasteiger charge is 2.28. The number of aryl methyl sites for hydroxylation is 2. The summed E-state index contributed by atoms with van der Waals surface area (Å²) in [5.74, 6) is -0.237. The topological polar surface area (TPSA) is 84.3 Å². The van der Waals surface area contributed by atoms with E-state index in [1.54, 1.807) is 35.1 Å². The van der Waals surface area contributed by atoms with Gasteiger partial charge in [-0.25, -0.2) is 8.42 Å². The highest BCUT2D eigenvalue weighted by molar-refractivity contribution is 7.89. The minimum atomic E-state index is -3.60. The molecule has 7 nitrogen and oxygen atoms in total. The summed E-state index contributed by atoms with van der Waals surface area (Å²) in [6.07, 6.45) is 6.62. The van der Waals surface area contributed by atoms with Gasteiger partial charge in [0.15, 0.2) is 0 Å². The molecule has 0 aliphatic carbocycles. The average Bonchev–Trinajstić information content (AvgIpc) is 3.06. The van der Waals surface area contributed by atoms with Crippen molar-refractivity contribution in [3.8, 4) is 0 Å². The van der Waals surface area contributed by atoms with Gasteiger partial charge in [-0.15, -0.1) is 0 Å². The molecule has 0 spiro atoms. The Labute approximate surface area is 154 Å². The van der Waals surface area contributed by atoms with Crippen LogP contribution in [0.5, 0.6) is 0 Å². The SMILES string of the molecule is Cc1cnn(CCC(=O)Nc2ccccc2S(=O)(=O)N2CCCCC2)c1. The van der Waals surface area contributed by atoms with E-state index in [2.05, 4.69) is 10.4 Å². The molecule has 1 aliphatic heterocycles. The summed E-state index contributed by atoms with van der Waals surface area (Å²) < 4.78 is 29.1. The van der Waals surface area contributed by atoms with Crippen LogP contribution >= 0.6 is 0 Å². The lowest BCUT2D eigenvalue weighted by atomic mass is 10.2. The third-order valence-electron chi connectivity index (χ3n) is 4.42. The Balaban J connectivity index is 1.71. The van der Waals surface area contributed by atoms with Crippen molar-refractivity contribution in [3.05, 3.63) is 42.2 Å². The Morgan fingerprint density at radius 1 is 1.19 bits per heavy atom. The van der Waals surface area contributed by atoms with Crippen molar-refractivity contribution in [3.63, 3.8) is 0 Å². The molecular weight excluding hydrogens is 352 g/mol. The van der Waals surface area contributed by atoms with Gasteiger partial charge in [0.2, 0.25) is 15.9 Å². The van der Waals surface area contributed by atoms with Crippen molar-refractivity contribution in [1.82, 2.24) is 14.1 Å². The van der Waals surface area contributed by atoms with E-state index in [0.717, 1.165) is 24.8 Å². The number of nitrogens with one attached hydrogen (secondary N) is 1. The third kappa shape index (κ3) is 4.31. The molecule has 140 valence electrons. The summed E-state index contributed by atoms with van der Waals surface area (Å²) in [6.45, 7) is 3.44. The minimum absolute atomic E-state index is 0.158. The number of hydrogen-bond donors (Lipinski definition) is 1. The predicted octanol–water partition coefficient (Wildman–Crippen LogP) is 2.39. The second kappa shape index (κ2) is 8.01. The van der Waals surface area contributed by atoms with Crippen LogP contribution in [0.1, 0.15) is 31.2 Å². The van der Waals surface area contributed by atoms with Crippen molar-refractivity contribution < 1.29 is 13.2 Å². The van der Waals surface area contributed by atoms with E-state index in [1.807, 2.05) is 13.1 Å². The van der Waals surface area contributed by atoms with Crippen LogP contribution in [0.3, 0.4) is 0 Å². The highest BCUT2D eigenvalue weighted by Crippen LogP contribution is 2.26. The molecule has 1 saturated heterocycles. The number of anilines is 1. The van der Waals surface area contributed by atoms with Crippen LogP contribution in [-0.2, 0) is 21.4 Å². The zero-order valence-electron chi connectivity index (χ0n) is 14.9. The molecule has 0 unspecified atom stereocenters.